The molecule has 0 aliphatic heterocycles. The number of para-hydroxylation sites is 1. The highest BCUT2D eigenvalue weighted by Crippen LogP contribution is 2.19. The number of imidazole rings is 1. The Morgan fingerprint density at radius 1 is 1.00 bits per heavy atom. The molecule has 0 fully saturated rings. The number of rotatable bonds is 15. The van der Waals surface area contributed by atoms with Gasteiger partial charge in [0.05, 0.1) is 12.4 Å². The minimum Gasteiger partial charge on any atom is -0.480 e. The van der Waals surface area contributed by atoms with Crippen LogP contribution < -0.4 is 21.7 Å². The molecule has 1 aromatic carbocycles. The van der Waals surface area contributed by atoms with E-state index in [0.717, 1.165) is 16.5 Å². The normalized spacial score (nSPS) is 14.3. The van der Waals surface area contributed by atoms with Crippen LogP contribution in [0.1, 0.15) is 31.5 Å². The van der Waals surface area contributed by atoms with E-state index in [1.807, 2.05) is 36.7 Å². The summed E-state index contributed by atoms with van der Waals surface area (Å²) in [5.41, 5.74) is 8.64. The van der Waals surface area contributed by atoms with E-state index in [-0.39, 0.29) is 25.2 Å². The number of thioether (sulfide) groups is 1. The van der Waals surface area contributed by atoms with Crippen LogP contribution in [-0.4, -0.2) is 79.9 Å². The lowest BCUT2D eigenvalue weighted by atomic mass is 10.0. The number of carboxylic acids is 1. The number of aromatic nitrogens is 3. The van der Waals surface area contributed by atoms with Gasteiger partial charge in [-0.3, -0.25) is 14.4 Å². The van der Waals surface area contributed by atoms with E-state index in [1.54, 1.807) is 13.8 Å². The molecule has 216 valence electrons. The molecule has 0 aliphatic rings. The summed E-state index contributed by atoms with van der Waals surface area (Å²) >= 11 is 1.47. The molecule has 0 saturated heterocycles. The number of nitrogens with zero attached hydrogens (tertiary/aromatic N) is 1. The fourth-order valence-corrected chi connectivity index (χ4v) is 4.75. The zero-order valence-corrected chi connectivity index (χ0v) is 23.6. The molecule has 0 aliphatic carbocycles. The average Bonchev–Trinajstić information content (AvgIpc) is 3.58. The largest absolute Gasteiger partial charge is 0.480 e. The minimum atomic E-state index is -1.15. The van der Waals surface area contributed by atoms with E-state index >= 15 is 0 Å². The topological polar surface area (TPSA) is 195 Å². The third kappa shape index (κ3) is 8.33. The highest BCUT2D eigenvalue weighted by molar-refractivity contribution is 7.98. The van der Waals surface area contributed by atoms with Gasteiger partial charge in [-0.1, -0.05) is 32.0 Å². The third-order valence-electron chi connectivity index (χ3n) is 6.54. The lowest BCUT2D eigenvalue weighted by Crippen LogP contribution is -2.59. The van der Waals surface area contributed by atoms with Gasteiger partial charge in [0.15, 0.2) is 0 Å². The Balaban J connectivity index is 1.72. The van der Waals surface area contributed by atoms with Crippen molar-refractivity contribution in [2.45, 2.75) is 57.3 Å². The first kappa shape index (κ1) is 30.7. The van der Waals surface area contributed by atoms with Crippen molar-refractivity contribution in [2.24, 2.45) is 11.7 Å². The summed E-state index contributed by atoms with van der Waals surface area (Å²) in [5, 5.41) is 18.4. The molecule has 4 atom stereocenters. The van der Waals surface area contributed by atoms with Crippen molar-refractivity contribution in [3.63, 3.8) is 0 Å². The number of hydrogen-bond donors (Lipinski definition) is 7. The number of nitrogens with one attached hydrogen (secondary N) is 5. The van der Waals surface area contributed by atoms with E-state index in [2.05, 4.69) is 30.9 Å². The molecule has 8 N–H and O–H groups in total. The fraction of sp³-hybridized carbons (Fsp3) is 0.444. The minimum absolute atomic E-state index is 0.0787. The Hall–Kier alpha value is -3.84. The van der Waals surface area contributed by atoms with Crippen molar-refractivity contribution in [3.05, 3.63) is 54.2 Å². The second-order valence-corrected chi connectivity index (χ2v) is 10.9. The van der Waals surface area contributed by atoms with Crippen LogP contribution in [0.15, 0.2) is 43.0 Å². The number of aromatic amines is 2. The molecule has 0 bridgehead atoms. The van der Waals surface area contributed by atoms with Gasteiger partial charge in [-0.25, -0.2) is 9.78 Å². The smallest absolute Gasteiger partial charge is 0.326 e. The number of fused-ring (bicyclic) bond motifs is 1. The lowest BCUT2D eigenvalue weighted by Gasteiger charge is -2.27. The number of carbonyl (C=O) groups is 4. The summed E-state index contributed by atoms with van der Waals surface area (Å²) < 4.78 is 0. The third-order valence-corrected chi connectivity index (χ3v) is 7.18. The number of aliphatic carboxylic acids is 1. The van der Waals surface area contributed by atoms with Crippen LogP contribution in [0.2, 0.25) is 0 Å². The molecular weight excluding hydrogens is 534 g/mol. The standard InChI is InChI=1S/C27H37N7O5S/c1-15(2)23(26(37)32-21(27(38)39)8-9-40-3)34-25(36)22(11-17-13-29-14-31-17)33-24(35)19(28)10-16-12-30-20-7-5-4-6-18(16)20/h4-7,12-15,19,21-23,30H,8-11,28H2,1-3H3,(H,29,31)(H,32,37)(H,33,35)(H,34,36)(H,38,39). The van der Waals surface area contributed by atoms with E-state index in [4.69, 9.17) is 5.73 Å². The van der Waals surface area contributed by atoms with Crippen LogP contribution in [-0.2, 0) is 32.0 Å². The number of carbonyl (C=O) groups excluding carboxylic acids is 3. The summed E-state index contributed by atoms with van der Waals surface area (Å²) in [7, 11) is 0. The maximum absolute atomic E-state index is 13.4. The fourth-order valence-electron chi connectivity index (χ4n) is 4.28. The summed E-state index contributed by atoms with van der Waals surface area (Å²) in [4.78, 5) is 61.3. The van der Waals surface area contributed by atoms with Crippen LogP contribution in [0, 0.1) is 5.92 Å². The molecule has 4 unspecified atom stereocenters. The number of amides is 3. The van der Waals surface area contributed by atoms with Gasteiger partial charge < -0.3 is 36.8 Å². The summed E-state index contributed by atoms with van der Waals surface area (Å²) in [6.45, 7) is 3.48. The Labute approximate surface area is 236 Å². The van der Waals surface area contributed by atoms with Crippen molar-refractivity contribution in [3.8, 4) is 0 Å². The maximum atomic E-state index is 13.4. The zero-order valence-electron chi connectivity index (χ0n) is 22.8. The van der Waals surface area contributed by atoms with Crippen LogP contribution >= 0.6 is 11.8 Å². The van der Waals surface area contributed by atoms with Crippen molar-refractivity contribution in [1.29, 1.82) is 0 Å². The molecule has 2 heterocycles. The maximum Gasteiger partial charge on any atom is 0.326 e. The number of hydrogen-bond acceptors (Lipinski definition) is 7. The van der Waals surface area contributed by atoms with Crippen molar-refractivity contribution >= 4 is 46.4 Å². The molecule has 2 aromatic heterocycles. The van der Waals surface area contributed by atoms with Gasteiger partial charge in [0.2, 0.25) is 17.7 Å². The molecule has 0 spiro atoms. The van der Waals surface area contributed by atoms with Crippen LogP contribution in [0.4, 0.5) is 0 Å². The summed E-state index contributed by atoms with van der Waals surface area (Å²) in [6.07, 6.45) is 7.22. The average molecular weight is 572 g/mol. The Morgan fingerprint density at radius 3 is 2.38 bits per heavy atom. The molecule has 0 radical (unpaired) electrons. The van der Waals surface area contributed by atoms with Crippen LogP contribution in [0.3, 0.4) is 0 Å². The predicted molar refractivity (Wildman–Crippen MR) is 154 cm³/mol. The zero-order chi connectivity index (χ0) is 29.2. The summed E-state index contributed by atoms with van der Waals surface area (Å²) in [5.74, 6) is -2.70. The second kappa shape index (κ2) is 14.5. The Kier molecular flexibility index (Phi) is 11.1. The number of benzene rings is 1. The van der Waals surface area contributed by atoms with Gasteiger partial charge >= 0.3 is 5.97 Å². The summed E-state index contributed by atoms with van der Waals surface area (Å²) in [6, 6.07) is 3.57. The van der Waals surface area contributed by atoms with Gasteiger partial charge in [-0.05, 0) is 42.4 Å². The predicted octanol–water partition coefficient (Wildman–Crippen LogP) is 0.952. The van der Waals surface area contributed by atoms with Gasteiger partial charge in [0.1, 0.15) is 18.1 Å². The Bertz CT molecular complexity index is 1290. The highest BCUT2D eigenvalue weighted by atomic mass is 32.2. The highest BCUT2D eigenvalue weighted by Gasteiger charge is 2.32. The molecule has 40 heavy (non-hydrogen) atoms. The first-order valence-electron chi connectivity index (χ1n) is 13.0. The number of carboxylic acid groups (broad SMARTS) is 1. The first-order valence-corrected chi connectivity index (χ1v) is 14.4. The van der Waals surface area contributed by atoms with Crippen molar-refractivity contribution in [1.82, 2.24) is 30.9 Å². The first-order chi connectivity index (χ1) is 19.1. The number of nitrogens with two attached hydrogens (primary N) is 1. The molecule has 12 nitrogen and oxygen atoms in total. The van der Waals surface area contributed by atoms with E-state index in [0.29, 0.717) is 11.4 Å². The van der Waals surface area contributed by atoms with Gasteiger partial charge in [0.25, 0.3) is 0 Å². The van der Waals surface area contributed by atoms with Gasteiger partial charge in [0, 0.05) is 35.4 Å². The lowest BCUT2D eigenvalue weighted by molar-refractivity contribution is -0.142. The van der Waals surface area contributed by atoms with E-state index < -0.39 is 47.9 Å². The van der Waals surface area contributed by atoms with E-state index in [1.165, 1.54) is 24.3 Å². The quantitative estimate of drug-likeness (QED) is 0.140. The van der Waals surface area contributed by atoms with Crippen LogP contribution in [0.5, 0.6) is 0 Å². The van der Waals surface area contributed by atoms with E-state index in [9.17, 15) is 24.3 Å². The second-order valence-electron chi connectivity index (χ2n) is 9.92. The van der Waals surface area contributed by atoms with Crippen molar-refractivity contribution in [2.75, 3.05) is 12.0 Å². The van der Waals surface area contributed by atoms with Crippen LogP contribution in [0.25, 0.3) is 10.9 Å². The molecule has 0 saturated carbocycles. The molecule has 13 heteroatoms. The van der Waals surface area contributed by atoms with Gasteiger partial charge in [-0.15, -0.1) is 0 Å². The molecule has 3 rings (SSSR count). The Morgan fingerprint density at radius 2 is 1.73 bits per heavy atom. The van der Waals surface area contributed by atoms with Crippen molar-refractivity contribution < 1.29 is 24.3 Å². The number of H-pyrrole nitrogens is 2. The van der Waals surface area contributed by atoms with Gasteiger partial charge in [-0.2, -0.15) is 11.8 Å². The molecule has 3 aromatic rings. The SMILES string of the molecule is CSCCC(NC(=O)C(NC(=O)C(Cc1cnc[nH]1)NC(=O)C(N)Cc1c[nH]c2ccccc12)C(C)C)C(=O)O. The molecule has 3 amide bonds. The monoisotopic (exact) mass is 571 g/mol. The molecular formula is C27H37N7O5S.